The number of rotatable bonds is 10. The van der Waals surface area contributed by atoms with E-state index >= 15 is 0 Å². The maximum absolute atomic E-state index is 12.5. The highest BCUT2D eigenvalue weighted by Gasteiger charge is 2.18. The van der Waals surface area contributed by atoms with Crippen molar-refractivity contribution in [1.29, 1.82) is 0 Å². The summed E-state index contributed by atoms with van der Waals surface area (Å²) in [6.45, 7) is 5.56. The molecule has 0 radical (unpaired) electrons. The van der Waals surface area contributed by atoms with E-state index in [1.54, 1.807) is 18.2 Å². The summed E-state index contributed by atoms with van der Waals surface area (Å²) in [5.74, 6) is -0.645. The Labute approximate surface area is 187 Å². The largest absolute Gasteiger partial charge is 0.494 e. The number of carboxylic acids is 1. The molecule has 3 amide bonds. The molecule has 0 aliphatic heterocycles. The lowest BCUT2D eigenvalue weighted by molar-refractivity contribution is -0.137. The first-order valence-electron chi connectivity index (χ1n) is 10.3. The van der Waals surface area contributed by atoms with E-state index in [2.05, 4.69) is 16.0 Å². The number of hydrogen-bond acceptors (Lipinski definition) is 5. The molecule has 32 heavy (non-hydrogen) atoms. The number of aliphatic carboxylic acids is 1. The SMILES string of the molecule is COc1cc(N(CCCC(=O)O)C(C)NC(C)=O)ccc1NC(=O)Nc1ccccc1C. The molecule has 1 atom stereocenters. The van der Waals surface area contributed by atoms with Crippen molar-refractivity contribution in [2.75, 3.05) is 29.2 Å². The van der Waals surface area contributed by atoms with Crippen molar-refractivity contribution in [3.8, 4) is 5.75 Å². The number of aryl methyl sites for hydroxylation is 1. The standard InChI is InChI=1S/C23H30N4O5/c1-15-8-5-6-9-19(15)25-23(31)26-20-12-11-18(14-21(20)32-4)27(13-7-10-22(29)30)16(2)24-17(3)28/h5-6,8-9,11-12,14,16H,7,10,13H2,1-4H3,(H,24,28)(H,29,30)(H2,25,26,31). The molecule has 0 bridgehead atoms. The Hall–Kier alpha value is -3.75. The van der Waals surface area contributed by atoms with Crippen LogP contribution in [0.3, 0.4) is 0 Å². The fraction of sp³-hybridized carbons (Fsp3) is 0.348. The van der Waals surface area contributed by atoms with E-state index in [1.807, 2.05) is 43.0 Å². The Morgan fingerprint density at radius 1 is 1.09 bits per heavy atom. The quantitative estimate of drug-likeness (QED) is 0.416. The van der Waals surface area contributed by atoms with Gasteiger partial charge < -0.3 is 30.7 Å². The minimum atomic E-state index is -0.881. The molecule has 0 saturated heterocycles. The van der Waals surface area contributed by atoms with Crippen molar-refractivity contribution in [3.63, 3.8) is 0 Å². The van der Waals surface area contributed by atoms with Crippen molar-refractivity contribution < 1.29 is 24.2 Å². The number of benzene rings is 2. The fourth-order valence-corrected chi connectivity index (χ4v) is 3.27. The van der Waals surface area contributed by atoms with Gasteiger partial charge in [-0.05, 0) is 44.0 Å². The van der Waals surface area contributed by atoms with Crippen molar-refractivity contribution in [2.24, 2.45) is 0 Å². The van der Waals surface area contributed by atoms with Crippen LogP contribution < -0.4 is 25.6 Å². The van der Waals surface area contributed by atoms with Crippen LogP contribution in [0.1, 0.15) is 32.3 Å². The number of urea groups is 1. The Balaban J connectivity index is 2.20. The van der Waals surface area contributed by atoms with Gasteiger partial charge in [0.2, 0.25) is 5.91 Å². The number of anilines is 3. The number of nitrogens with one attached hydrogen (secondary N) is 3. The van der Waals surface area contributed by atoms with E-state index in [0.29, 0.717) is 30.1 Å². The number of carbonyl (C=O) groups excluding carboxylic acids is 2. The first kappa shape index (κ1) is 24.5. The highest BCUT2D eigenvalue weighted by Crippen LogP contribution is 2.31. The molecule has 2 aromatic rings. The van der Waals surface area contributed by atoms with Crippen LogP contribution in [0.25, 0.3) is 0 Å². The number of para-hydroxylation sites is 1. The predicted molar refractivity (Wildman–Crippen MR) is 124 cm³/mol. The van der Waals surface area contributed by atoms with Gasteiger partial charge in [0.1, 0.15) is 5.75 Å². The zero-order chi connectivity index (χ0) is 23.7. The van der Waals surface area contributed by atoms with Gasteiger partial charge in [0.15, 0.2) is 0 Å². The van der Waals surface area contributed by atoms with Gasteiger partial charge in [-0.1, -0.05) is 18.2 Å². The number of nitrogens with zero attached hydrogens (tertiary/aromatic N) is 1. The normalized spacial score (nSPS) is 11.2. The summed E-state index contributed by atoms with van der Waals surface area (Å²) in [5, 5.41) is 17.4. The average Bonchev–Trinajstić information content (AvgIpc) is 2.72. The summed E-state index contributed by atoms with van der Waals surface area (Å²) in [4.78, 5) is 36.8. The van der Waals surface area contributed by atoms with Gasteiger partial charge >= 0.3 is 12.0 Å². The number of carbonyl (C=O) groups is 3. The second-order valence-corrected chi connectivity index (χ2v) is 7.35. The fourth-order valence-electron chi connectivity index (χ4n) is 3.27. The van der Waals surface area contributed by atoms with E-state index in [1.165, 1.54) is 14.0 Å². The third-order valence-electron chi connectivity index (χ3n) is 4.83. The van der Waals surface area contributed by atoms with Crippen LogP contribution in [0.4, 0.5) is 21.9 Å². The van der Waals surface area contributed by atoms with E-state index in [9.17, 15) is 14.4 Å². The summed E-state index contributed by atoms with van der Waals surface area (Å²) in [6, 6.07) is 12.3. The highest BCUT2D eigenvalue weighted by molar-refractivity contribution is 6.01. The molecule has 4 N–H and O–H groups in total. The molecule has 9 heteroatoms. The molecule has 2 aromatic carbocycles. The number of ether oxygens (including phenoxy) is 1. The lowest BCUT2D eigenvalue weighted by Gasteiger charge is -2.32. The molecular weight excluding hydrogens is 412 g/mol. The molecule has 9 nitrogen and oxygen atoms in total. The summed E-state index contributed by atoms with van der Waals surface area (Å²) in [6.07, 6.45) is 0.0497. The first-order chi connectivity index (χ1) is 15.2. The number of carboxylic acid groups (broad SMARTS) is 1. The van der Waals surface area contributed by atoms with Crippen LogP contribution in [-0.2, 0) is 9.59 Å². The molecular formula is C23H30N4O5. The lowest BCUT2D eigenvalue weighted by Crippen LogP contribution is -2.46. The molecule has 0 aliphatic carbocycles. The molecule has 0 fully saturated rings. The molecule has 0 heterocycles. The minimum absolute atomic E-state index is 0.0130. The first-order valence-corrected chi connectivity index (χ1v) is 10.3. The van der Waals surface area contributed by atoms with Crippen molar-refractivity contribution >= 4 is 35.0 Å². The molecule has 1 unspecified atom stereocenters. The van der Waals surface area contributed by atoms with Gasteiger partial charge in [-0.3, -0.25) is 9.59 Å². The van der Waals surface area contributed by atoms with Crippen LogP contribution in [0.2, 0.25) is 0 Å². The van der Waals surface area contributed by atoms with Gasteiger partial charge in [0, 0.05) is 37.3 Å². The highest BCUT2D eigenvalue weighted by atomic mass is 16.5. The Bertz CT molecular complexity index is 963. The van der Waals surface area contributed by atoms with Crippen molar-refractivity contribution in [2.45, 2.75) is 39.8 Å². The maximum atomic E-state index is 12.5. The molecule has 0 aromatic heterocycles. The molecule has 0 spiro atoms. The summed E-state index contributed by atoms with van der Waals surface area (Å²) in [7, 11) is 1.50. The summed E-state index contributed by atoms with van der Waals surface area (Å²) >= 11 is 0. The molecule has 0 saturated carbocycles. The van der Waals surface area contributed by atoms with E-state index in [-0.39, 0.29) is 18.5 Å². The van der Waals surface area contributed by atoms with Gasteiger partial charge in [0.25, 0.3) is 0 Å². The van der Waals surface area contributed by atoms with Gasteiger partial charge in [-0.2, -0.15) is 0 Å². The van der Waals surface area contributed by atoms with Crippen molar-refractivity contribution in [1.82, 2.24) is 5.32 Å². The summed E-state index contributed by atoms with van der Waals surface area (Å²) in [5.41, 5.74) is 2.83. The van der Waals surface area contributed by atoms with Crippen molar-refractivity contribution in [3.05, 3.63) is 48.0 Å². The monoisotopic (exact) mass is 442 g/mol. The van der Waals surface area contributed by atoms with E-state index in [4.69, 9.17) is 9.84 Å². The van der Waals surface area contributed by atoms with E-state index in [0.717, 1.165) is 11.3 Å². The summed E-state index contributed by atoms with van der Waals surface area (Å²) < 4.78 is 5.46. The lowest BCUT2D eigenvalue weighted by atomic mass is 10.2. The van der Waals surface area contributed by atoms with Crippen LogP contribution in [-0.4, -0.2) is 42.8 Å². The second kappa shape index (κ2) is 11.6. The Kier molecular flexibility index (Phi) is 8.88. The van der Waals surface area contributed by atoms with Gasteiger partial charge in [-0.15, -0.1) is 0 Å². The number of amides is 3. The third-order valence-corrected chi connectivity index (χ3v) is 4.83. The van der Waals surface area contributed by atoms with Crippen LogP contribution in [0, 0.1) is 6.92 Å². The minimum Gasteiger partial charge on any atom is -0.494 e. The Morgan fingerprint density at radius 2 is 1.78 bits per heavy atom. The predicted octanol–water partition coefficient (Wildman–Crippen LogP) is 3.80. The third kappa shape index (κ3) is 7.19. The van der Waals surface area contributed by atoms with Crippen LogP contribution in [0.5, 0.6) is 5.75 Å². The topological polar surface area (TPSA) is 120 Å². The van der Waals surface area contributed by atoms with Gasteiger partial charge in [0.05, 0.1) is 19.0 Å². The van der Waals surface area contributed by atoms with Gasteiger partial charge in [-0.25, -0.2) is 4.79 Å². The smallest absolute Gasteiger partial charge is 0.323 e. The zero-order valence-electron chi connectivity index (χ0n) is 18.8. The average molecular weight is 443 g/mol. The van der Waals surface area contributed by atoms with Crippen LogP contribution in [0.15, 0.2) is 42.5 Å². The molecule has 0 aliphatic rings. The zero-order valence-corrected chi connectivity index (χ0v) is 18.8. The van der Waals surface area contributed by atoms with Crippen LogP contribution >= 0.6 is 0 Å². The maximum Gasteiger partial charge on any atom is 0.323 e. The second-order valence-electron chi connectivity index (χ2n) is 7.35. The number of methoxy groups -OCH3 is 1. The Morgan fingerprint density at radius 3 is 2.41 bits per heavy atom. The molecule has 172 valence electrons. The molecule has 2 rings (SSSR count). The van der Waals surface area contributed by atoms with E-state index < -0.39 is 12.0 Å². The number of hydrogen-bond donors (Lipinski definition) is 4.